The van der Waals surface area contributed by atoms with E-state index in [-0.39, 0.29) is 10.7 Å². The first-order valence-corrected chi connectivity index (χ1v) is 7.61. The van der Waals surface area contributed by atoms with Gasteiger partial charge in [-0.1, -0.05) is 11.6 Å². The number of halogens is 1. The van der Waals surface area contributed by atoms with Crippen molar-refractivity contribution in [1.29, 1.82) is 0 Å². The summed E-state index contributed by atoms with van der Waals surface area (Å²) < 4.78 is 5.61. The number of anilines is 1. The standard InChI is InChI=1S/C13H13ClN2O3S/c1-20-8-11-4-3-10(19-11)7-15-9-2-5-13(16(17)18)12(14)6-9/h2-6,15H,7-8H2,1H3. The van der Waals surface area contributed by atoms with E-state index in [1.807, 2.05) is 18.4 Å². The molecule has 5 nitrogen and oxygen atoms in total. The minimum atomic E-state index is -0.507. The van der Waals surface area contributed by atoms with Crippen LogP contribution in [0.4, 0.5) is 11.4 Å². The summed E-state index contributed by atoms with van der Waals surface area (Å²) in [5, 5.41) is 13.9. The summed E-state index contributed by atoms with van der Waals surface area (Å²) in [6.07, 6.45) is 2.01. The van der Waals surface area contributed by atoms with Crippen LogP contribution in [0.5, 0.6) is 0 Å². The number of nitro benzene ring substituents is 1. The Morgan fingerprint density at radius 3 is 2.75 bits per heavy atom. The third-order valence-electron chi connectivity index (χ3n) is 2.62. The van der Waals surface area contributed by atoms with Crippen molar-refractivity contribution in [1.82, 2.24) is 0 Å². The van der Waals surface area contributed by atoms with E-state index in [2.05, 4.69) is 5.32 Å². The van der Waals surface area contributed by atoms with E-state index in [0.717, 1.165) is 17.3 Å². The molecule has 2 rings (SSSR count). The van der Waals surface area contributed by atoms with Gasteiger partial charge in [0.25, 0.3) is 5.69 Å². The molecule has 0 spiro atoms. The maximum Gasteiger partial charge on any atom is 0.288 e. The topological polar surface area (TPSA) is 68.3 Å². The molecule has 1 aromatic carbocycles. The van der Waals surface area contributed by atoms with Gasteiger partial charge in [-0.2, -0.15) is 11.8 Å². The van der Waals surface area contributed by atoms with Crippen molar-refractivity contribution in [2.45, 2.75) is 12.3 Å². The first-order chi connectivity index (χ1) is 9.60. The monoisotopic (exact) mass is 312 g/mol. The number of nitrogens with zero attached hydrogens (tertiary/aromatic N) is 1. The molecule has 106 valence electrons. The highest BCUT2D eigenvalue weighted by atomic mass is 35.5. The predicted molar refractivity (Wildman–Crippen MR) is 81.4 cm³/mol. The summed E-state index contributed by atoms with van der Waals surface area (Å²) in [4.78, 5) is 10.2. The predicted octanol–water partition coefficient (Wildman–Crippen LogP) is 4.32. The molecule has 1 N–H and O–H groups in total. The number of benzene rings is 1. The number of hydrogen-bond acceptors (Lipinski definition) is 5. The number of thioether (sulfide) groups is 1. The molecule has 0 saturated carbocycles. The van der Waals surface area contributed by atoms with Gasteiger partial charge in [-0.25, -0.2) is 0 Å². The lowest BCUT2D eigenvalue weighted by Crippen LogP contribution is -1.98. The molecule has 20 heavy (non-hydrogen) atoms. The Balaban J connectivity index is 1.99. The van der Waals surface area contributed by atoms with Gasteiger partial charge in [-0.05, 0) is 30.5 Å². The van der Waals surface area contributed by atoms with E-state index < -0.39 is 4.92 Å². The molecule has 0 unspecified atom stereocenters. The van der Waals surface area contributed by atoms with E-state index in [1.165, 1.54) is 12.1 Å². The van der Waals surface area contributed by atoms with Gasteiger partial charge in [0.15, 0.2) is 0 Å². The zero-order valence-electron chi connectivity index (χ0n) is 10.8. The lowest BCUT2D eigenvalue weighted by atomic mass is 10.3. The summed E-state index contributed by atoms with van der Waals surface area (Å²) in [7, 11) is 0. The Morgan fingerprint density at radius 2 is 2.10 bits per heavy atom. The molecule has 0 aliphatic heterocycles. The van der Waals surface area contributed by atoms with E-state index in [1.54, 1.807) is 17.8 Å². The summed E-state index contributed by atoms with van der Waals surface area (Å²) >= 11 is 7.54. The van der Waals surface area contributed by atoms with Crippen LogP contribution in [0.15, 0.2) is 34.7 Å². The smallest absolute Gasteiger partial charge is 0.288 e. The average Bonchev–Trinajstić information content (AvgIpc) is 2.84. The zero-order chi connectivity index (χ0) is 14.5. The highest BCUT2D eigenvalue weighted by Crippen LogP contribution is 2.27. The lowest BCUT2D eigenvalue weighted by molar-refractivity contribution is -0.384. The van der Waals surface area contributed by atoms with Gasteiger partial charge in [-0.3, -0.25) is 10.1 Å². The molecular formula is C13H13ClN2O3S. The second-order valence-corrected chi connectivity index (χ2v) is 5.35. The van der Waals surface area contributed by atoms with Crippen molar-refractivity contribution in [2.75, 3.05) is 11.6 Å². The van der Waals surface area contributed by atoms with Crippen LogP contribution in [-0.4, -0.2) is 11.2 Å². The first-order valence-electron chi connectivity index (χ1n) is 5.84. The molecule has 0 aliphatic carbocycles. The minimum Gasteiger partial charge on any atom is -0.463 e. The molecule has 0 atom stereocenters. The Morgan fingerprint density at radius 1 is 1.35 bits per heavy atom. The van der Waals surface area contributed by atoms with Crippen LogP contribution in [0.25, 0.3) is 0 Å². The zero-order valence-corrected chi connectivity index (χ0v) is 12.3. The van der Waals surface area contributed by atoms with Crippen LogP contribution in [-0.2, 0) is 12.3 Å². The normalized spacial score (nSPS) is 10.5. The number of rotatable bonds is 6. The molecule has 1 aromatic heterocycles. The van der Waals surface area contributed by atoms with Crippen LogP contribution in [0.1, 0.15) is 11.5 Å². The quantitative estimate of drug-likeness (QED) is 0.635. The molecular weight excluding hydrogens is 300 g/mol. The van der Waals surface area contributed by atoms with Crippen molar-refractivity contribution in [3.05, 3.63) is 57.0 Å². The van der Waals surface area contributed by atoms with E-state index in [4.69, 9.17) is 16.0 Å². The number of furan rings is 1. The molecule has 0 aliphatic rings. The fourth-order valence-corrected chi connectivity index (χ4v) is 2.38. The molecule has 0 amide bonds. The maximum absolute atomic E-state index is 10.7. The van der Waals surface area contributed by atoms with Gasteiger partial charge in [0, 0.05) is 11.8 Å². The Kier molecular flexibility index (Phi) is 4.92. The van der Waals surface area contributed by atoms with Crippen molar-refractivity contribution in [2.24, 2.45) is 0 Å². The van der Waals surface area contributed by atoms with E-state index in [9.17, 15) is 10.1 Å². The fraction of sp³-hybridized carbons (Fsp3) is 0.231. The minimum absolute atomic E-state index is 0.0996. The second-order valence-electron chi connectivity index (χ2n) is 4.08. The molecule has 0 bridgehead atoms. The van der Waals surface area contributed by atoms with Crippen LogP contribution in [0.2, 0.25) is 5.02 Å². The van der Waals surface area contributed by atoms with Crippen molar-refractivity contribution < 1.29 is 9.34 Å². The van der Waals surface area contributed by atoms with Crippen LogP contribution in [0.3, 0.4) is 0 Å². The number of nitro groups is 1. The van der Waals surface area contributed by atoms with Gasteiger partial charge in [0.2, 0.25) is 0 Å². The molecule has 0 saturated heterocycles. The average molecular weight is 313 g/mol. The SMILES string of the molecule is CSCc1ccc(CNc2ccc([N+](=O)[O-])c(Cl)c2)o1. The van der Waals surface area contributed by atoms with E-state index >= 15 is 0 Å². The van der Waals surface area contributed by atoms with Crippen molar-refractivity contribution >= 4 is 34.7 Å². The number of hydrogen-bond donors (Lipinski definition) is 1. The second kappa shape index (κ2) is 6.67. The van der Waals surface area contributed by atoms with Gasteiger partial charge >= 0.3 is 0 Å². The number of nitrogens with one attached hydrogen (secondary N) is 1. The maximum atomic E-state index is 10.7. The molecule has 0 fully saturated rings. The van der Waals surface area contributed by atoms with Crippen molar-refractivity contribution in [3.63, 3.8) is 0 Å². The van der Waals surface area contributed by atoms with E-state index in [0.29, 0.717) is 12.2 Å². The van der Waals surface area contributed by atoms with Crippen LogP contribution >= 0.6 is 23.4 Å². The first kappa shape index (κ1) is 14.7. The molecule has 7 heteroatoms. The summed E-state index contributed by atoms with van der Waals surface area (Å²) in [5.74, 6) is 2.57. The third kappa shape index (κ3) is 3.68. The van der Waals surface area contributed by atoms with Gasteiger partial charge in [-0.15, -0.1) is 0 Å². The Hall–Kier alpha value is -1.66. The largest absolute Gasteiger partial charge is 0.463 e. The van der Waals surface area contributed by atoms with Crippen LogP contribution < -0.4 is 5.32 Å². The lowest BCUT2D eigenvalue weighted by Gasteiger charge is -2.05. The van der Waals surface area contributed by atoms with Crippen LogP contribution in [0, 0.1) is 10.1 Å². The third-order valence-corrected chi connectivity index (χ3v) is 3.49. The highest BCUT2D eigenvalue weighted by Gasteiger charge is 2.12. The van der Waals surface area contributed by atoms with Gasteiger partial charge in [0.05, 0.1) is 17.2 Å². The van der Waals surface area contributed by atoms with Gasteiger partial charge in [0.1, 0.15) is 16.5 Å². The summed E-state index contributed by atoms with van der Waals surface area (Å²) in [6.45, 7) is 0.503. The Bertz CT molecular complexity index is 615. The van der Waals surface area contributed by atoms with Gasteiger partial charge < -0.3 is 9.73 Å². The Labute approximate surface area is 125 Å². The fourth-order valence-electron chi connectivity index (χ4n) is 1.69. The summed E-state index contributed by atoms with van der Waals surface area (Å²) in [6, 6.07) is 8.38. The molecule has 2 aromatic rings. The molecule has 0 radical (unpaired) electrons. The highest BCUT2D eigenvalue weighted by molar-refractivity contribution is 7.97. The molecule has 1 heterocycles. The summed E-state index contributed by atoms with van der Waals surface area (Å²) in [5.41, 5.74) is 0.612. The van der Waals surface area contributed by atoms with Crippen molar-refractivity contribution in [3.8, 4) is 0 Å².